The smallest absolute Gasteiger partial charge is 0.133 e. The Labute approximate surface area is 126 Å². The first kappa shape index (κ1) is 15.8. The van der Waals surface area contributed by atoms with Crippen molar-refractivity contribution in [2.45, 2.75) is 45.3 Å². The molecule has 0 amide bonds. The molecule has 0 heterocycles. The molecular formula is C18H24O3. The quantitative estimate of drug-likeness (QED) is 0.849. The summed E-state index contributed by atoms with van der Waals surface area (Å²) < 4.78 is 5.95. The van der Waals surface area contributed by atoms with Crippen LogP contribution < -0.4 is 4.74 Å². The third kappa shape index (κ3) is 3.36. The van der Waals surface area contributed by atoms with Crippen LogP contribution in [-0.2, 0) is 0 Å². The van der Waals surface area contributed by atoms with Crippen molar-refractivity contribution in [3.05, 3.63) is 42.0 Å². The zero-order chi connectivity index (χ0) is 15.5. The van der Waals surface area contributed by atoms with Gasteiger partial charge in [0.25, 0.3) is 0 Å². The second-order valence-corrected chi connectivity index (χ2v) is 5.60. The van der Waals surface area contributed by atoms with Crippen LogP contribution >= 0.6 is 0 Å². The third-order valence-corrected chi connectivity index (χ3v) is 4.16. The van der Waals surface area contributed by atoms with Gasteiger partial charge in [0.2, 0.25) is 0 Å². The van der Waals surface area contributed by atoms with Gasteiger partial charge in [0.1, 0.15) is 12.4 Å². The molecule has 2 N–H and O–H groups in total. The molecule has 21 heavy (non-hydrogen) atoms. The fourth-order valence-electron chi connectivity index (χ4n) is 2.41. The molecule has 0 aliphatic rings. The van der Waals surface area contributed by atoms with Crippen LogP contribution in [0.2, 0.25) is 0 Å². The Balaban J connectivity index is 2.42. The minimum Gasteiger partial charge on any atom is -0.490 e. The van der Waals surface area contributed by atoms with Crippen molar-refractivity contribution in [1.29, 1.82) is 0 Å². The Morgan fingerprint density at radius 2 is 1.76 bits per heavy atom. The Kier molecular flexibility index (Phi) is 4.86. The number of fused-ring (bicyclic) bond motifs is 1. The van der Waals surface area contributed by atoms with Gasteiger partial charge in [0.05, 0.1) is 11.7 Å². The number of rotatable bonds is 6. The minimum absolute atomic E-state index is 0.230. The summed E-state index contributed by atoms with van der Waals surface area (Å²) in [5.74, 6) is 0.670. The molecule has 0 aromatic heterocycles. The van der Waals surface area contributed by atoms with Gasteiger partial charge in [-0.05, 0) is 25.2 Å². The SMILES string of the molecule is CCC(O)(CC)COc1c(C(C)O)ccc2ccccc12. The largest absolute Gasteiger partial charge is 0.490 e. The summed E-state index contributed by atoms with van der Waals surface area (Å²) in [5.41, 5.74) is -0.0735. The molecule has 0 aliphatic heterocycles. The van der Waals surface area contributed by atoms with Crippen molar-refractivity contribution in [3.8, 4) is 5.75 Å². The van der Waals surface area contributed by atoms with Crippen molar-refractivity contribution in [3.63, 3.8) is 0 Å². The van der Waals surface area contributed by atoms with Crippen molar-refractivity contribution < 1.29 is 14.9 Å². The second kappa shape index (κ2) is 6.46. The van der Waals surface area contributed by atoms with Crippen LogP contribution in [0.25, 0.3) is 10.8 Å². The van der Waals surface area contributed by atoms with Gasteiger partial charge < -0.3 is 14.9 Å². The van der Waals surface area contributed by atoms with Gasteiger partial charge in [-0.25, -0.2) is 0 Å². The van der Waals surface area contributed by atoms with E-state index < -0.39 is 11.7 Å². The first-order valence-electron chi connectivity index (χ1n) is 7.55. The van der Waals surface area contributed by atoms with Crippen LogP contribution in [0.15, 0.2) is 36.4 Å². The van der Waals surface area contributed by atoms with Gasteiger partial charge in [0.15, 0.2) is 0 Å². The summed E-state index contributed by atoms with van der Waals surface area (Å²) in [5, 5.41) is 22.4. The van der Waals surface area contributed by atoms with E-state index in [1.807, 2.05) is 50.2 Å². The van der Waals surface area contributed by atoms with E-state index in [1.54, 1.807) is 6.92 Å². The summed E-state index contributed by atoms with van der Waals surface area (Å²) >= 11 is 0. The predicted molar refractivity (Wildman–Crippen MR) is 85.6 cm³/mol. The molecule has 0 saturated heterocycles. The molecule has 3 heteroatoms. The summed E-state index contributed by atoms with van der Waals surface area (Å²) in [6.07, 6.45) is 0.664. The van der Waals surface area contributed by atoms with Crippen LogP contribution in [0.1, 0.15) is 45.3 Å². The highest BCUT2D eigenvalue weighted by atomic mass is 16.5. The summed E-state index contributed by atoms with van der Waals surface area (Å²) in [7, 11) is 0. The highest BCUT2D eigenvalue weighted by Crippen LogP contribution is 2.34. The van der Waals surface area contributed by atoms with Crippen molar-refractivity contribution in [2.75, 3.05) is 6.61 Å². The number of aliphatic hydroxyl groups excluding tert-OH is 1. The highest BCUT2D eigenvalue weighted by molar-refractivity contribution is 5.89. The molecule has 2 aromatic carbocycles. The number of ether oxygens (including phenoxy) is 1. The standard InChI is InChI=1S/C18H24O3/c1-4-18(20,5-2)12-21-17-15(13(3)19)11-10-14-8-6-7-9-16(14)17/h6-11,13,19-20H,4-5,12H2,1-3H3. The topological polar surface area (TPSA) is 49.7 Å². The van der Waals surface area contributed by atoms with Gasteiger partial charge in [-0.2, -0.15) is 0 Å². The van der Waals surface area contributed by atoms with E-state index in [4.69, 9.17) is 4.74 Å². The van der Waals surface area contributed by atoms with E-state index in [0.29, 0.717) is 18.6 Å². The number of aliphatic hydroxyl groups is 2. The molecule has 1 unspecified atom stereocenters. The summed E-state index contributed by atoms with van der Waals surface area (Å²) in [6.45, 7) is 5.85. The number of hydrogen-bond donors (Lipinski definition) is 2. The molecule has 2 rings (SSSR count). The lowest BCUT2D eigenvalue weighted by Crippen LogP contribution is -2.34. The zero-order valence-corrected chi connectivity index (χ0v) is 13.0. The van der Waals surface area contributed by atoms with Crippen molar-refractivity contribution in [2.24, 2.45) is 0 Å². The van der Waals surface area contributed by atoms with Crippen LogP contribution in [0.3, 0.4) is 0 Å². The van der Waals surface area contributed by atoms with Crippen molar-refractivity contribution in [1.82, 2.24) is 0 Å². The van der Waals surface area contributed by atoms with Crippen LogP contribution in [-0.4, -0.2) is 22.4 Å². The number of hydrogen-bond acceptors (Lipinski definition) is 3. The molecule has 2 aromatic rings. The molecule has 0 radical (unpaired) electrons. The Hall–Kier alpha value is -1.58. The first-order valence-corrected chi connectivity index (χ1v) is 7.55. The molecule has 0 fully saturated rings. The first-order chi connectivity index (χ1) is 10.0. The van der Waals surface area contributed by atoms with Crippen LogP contribution in [0.4, 0.5) is 0 Å². The molecule has 1 atom stereocenters. The lowest BCUT2D eigenvalue weighted by Gasteiger charge is -2.26. The van der Waals surface area contributed by atoms with E-state index in [9.17, 15) is 10.2 Å². The predicted octanol–water partition coefficient (Wildman–Crippen LogP) is 3.82. The Bertz CT molecular complexity index is 600. The molecule has 0 spiro atoms. The van der Waals surface area contributed by atoms with Gasteiger partial charge in [-0.15, -0.1) is 0 Å². The fraction of sp³-hybridized carbons (Fsp3) is 0.444. The van der Waals surface area contributed by atoms with E-state index in [-0.39, 0.29) is 6.61 Å². The fourth-order valence-corrected chi connectivity index (χ4v) is 2.41. The maximum absolute atomic E-state index is 10.4. The average molecular weight is 288 g/mol. The van der Waals surface area contributed by atoms with Crippen LogP contribution in [0.5, 0.6) is 5.75 Å². The highest BCUT2D eigenvalue weighted by Gasteiger charge is 2.24. The molecule has 114 valence electrons. The molecule has 0 bridgehead atoms. The zero-order valence-electron chi connectivity index (χ0n) is 13.0. The second-order valence-electron chi connectivity index (χ2n) is 5.60. The lowest BCUT2D eigenvalue weighted by molar-refractivity contribution is -0.0117. The van der Waals surface area contributed by atoms with Gasteiger partial charge >= 0.3 is 0 Å². The maximum Gasteiger partial charge on any atom is 0.133 e. The molecule has 3 nitrogen and oxygen atoms in total. The maximum atomic E-state index is 10.4. The molecular weight excluding hydrogens is 264 g/mol. The average Bonchev–Trinajstić information content (AvgIpc) is 2.51. The molecule has 0 saturated carbocycles. The van der Waals surface area contributed by atoms with Crippen molar-refractivity contribution >= 4 is 10.8 Å². The summed E-state index contributed by atoms with van der Waals surface area (Å²) in [4.78, 5) is 0. The monoisotopic (exact) mass is 288 g/mol. The lowest BCUT2D eigenvalue weighted by atomic mass is 9.98. The van der Waals surface area contributed by atoms with Gasteiger partial charge in [-0.1, -0.05) is 50.2 Å². The van der Waals surface area contributed by atoms with E-state index >= 15 is 0 Å². The Morgan fingerprint density at radius 3 is 2.38 bits per heavy atom. The van der Waals surface area contributed by atoms with E-state index in [2.05, 4.69) is 0 Å². The molecule has 0 aliphatic carbocycles. The normalized spacial score (nSPS) is 13.4. The summed E-state index contributed by atoms with van der Waals surface area (Å²) in [6, 6.07) is 11.8. The van der Waals surface area contributed by atoms with Gasteiger partial charge in [0, 0.05) is 10.9 Å². The van der Waals surface area contributed by atoms with Crippen LogP contribution in [0, 0.1) is 0 Å². The minimum atomic E-state index is -0.826. The van der Waals surface area contributed by atoms with E-state index in [0.717, 1.165) is 16.3 Å². The van der Waals surface area contributed by atoms with E-state index in [1.165, 1.54) is 0 Å². The third-order valence-electron chi connectivity index (χ3n) is 4.16. The Morgan fingerprint density at radius 1 is 1.10 bits per heavy atom. The van der Waals surface area contributed by atoms with Gasteiger partial charge in [-0.3, -0.25) is 0 Å². The number of benzene rings is 2.